The second kappa shape index (κ2) is 9.85. The standard InChI is InChI=1S/C24H32N2O4/c1-6-7-12-26-19-11-9-16-17(14-20(19)27)18(25-2)10-8-15-13-21(28-3)23(29-4)24(30-5)22(15)16/h9,11,13-14,18,25H,6-8,10,12H2,1-5H3,(H,26,27)/p+1/t18-/m1/s1. The molecule has 6 nitrogen and oxygen atoms in total. The van der Waals surface area contributed by atoms with Crippen LogP contribution in [0.2, 0.25) is 0 Å². The van der Waals surface area contributed by atoms with E-state index in [1.54, 1.807) is 27.4 Å². The number of quaternary nitrogens is 1. The molecule has 1 aliphatic carbocycles. The molecule has 0 unspecified atom stereocenters. The summed E-state index contributed by atoms with van der Waals surface area (Å²) in [5, 5.41) is 5.48. The smallest absolute Gasteiger partial charge is 0.203 e. The first-order valence-electron chi connectivity index (χ1n) is 10.6. The number of ether oxygens (including phenoxy) is 3. The summed E-state index contributed by atoms with van der Waals surface area (Å²) < 4.78 is 17.0. The number of anilines is 1. The van der Waals surface area contributed by atoms with E-state index in [4.69, 9.17) is 14.2 Å². The lowest BCUT2D eigenvalue weighted by atomic mass is 9.95. The van der Waals surface area contributed by atoms with Crippen molar-refractivity contribution in [2.75, 3.05) is 40.2 Å². The molecular weight excluding hydrogens is 380 g/mol. The molecule has 1 aliphatic rings. The SMILES string of the molecule is CCCCNc1ccc2c(cc1=O)[C@H]([NH2+]C)CCc1cc(OC)c(OC)c(OC)c1-2. The van der Waals surface area contributed by atoms with Gasteiger partial charge in [-0.15, -0.1) is 0 Å². The topological polar surface area (TPSA) is 73.4 Å². The Hall–Kier alpha value is -2.73. The maximum absolute atomic E-state index is 13.0. The number of methoxy groups -OCH3 is 3. The Morgan fingerprint density at radius 2 is 1.87 bits per heavy atom. The molecule has 0 amide bonds. The molecule has 0 saturated carbocycles. The Labute approximate surface area is 178 Å². The number of hydrogen-bond donors (Lipinski definition) is 2. The van der Waals surface area contributed by atoms with E-state index in [0.29, 0.717) is 22.9 Å². The minimum atomic E-state index is 0.0158. The van der Waals surface area contributed by atoms with E-state index in [-0.39, 0.29) is 11.5 Å². The van der Waals surface area contributed by atoms with Crippen molar-refractivity contribution in [2.24, 2.45) is 0 Å². The fourth-order valence-corrected chi connectivity index (χ4v) is 4.23. The van der Waals surface area contributed by atoms with E-state index >= 15 is 0 Å². The van der Waals surface area contributed by atoms with E-state index < -0.39 is 0 Å². The van der Waals surface area contributed by atoms with Gasteiger partial charge in [0.15, 0.2) is 11.5 Å². The molecule has 0 aromatic heterocycles. The molecule has 3 N–H and O–H groups in total. The van der Waals surface area contributed by atoms with E-state index in [0.717, 1.165) is 54.5 Å². The Bertz CT molecular complexity index is 959. The number of unbranched alkanes of at least 4 members (excludes halogenated alkanes) is 1. The zero-order valence-electron chi connectivity index (χ0n) is 18.6. The van der Waals surface area contributed by atoms with Gasteiger partial charge in [-0.25, -0.2) is 0 Å². The van der Waals surface area contributed by atoms with Gasteiger partial charge >= 0.3 is 0 Å². The van der Waals surface area contributed by atoms with Crippen molar-refractivity contribution in [3.8, 4) is 28.4 Å². The van der Waals surface area contributed by atoms with Crippen LogP contribution in [0.15, 0.2) is 29.1 Å². The van der Waals surface area contributed by atoms with Crippen LogP contribution in [0.1, 0.15) is 43.4 Å². The Morgan fingerprint density at radius 3 is 2.50 bits per heavy atom. The molecule has 0 spiro atoms. The highest BCUT2D eigenvalue weighted by Crippen LogP contribution is 2.49. The van der Waals surface area contributed by atoms with Gasteiger partial charge in [0.25, 0.3) is 0 Å². The average molecular weight is 414 g/mol. The van der Waals surface area contributed by atoms with Crippen LogP contribution in [0.5, 0.6) is 17.2 Å². The molecule has 162 valence electrons. The molecule has 30 heavy (non-hydrogen) atoms. The summed E-state index contributed by atoms with van der Waals surface area (Å²) in [6.07, 6.45) is 3.87. The van der Waals surface area contributed by atoms with Crippen molar-refractivity contribution in [3.63, 3.8) is 0 Å². The highest BCUT2D eigenvalue weighted by atomic mass is 16.5. The van der Waals surface area contributed by atoms with Gasteiger partial charge < -0.3 is 24.8 Å². The Kier molecular flexibility index (Phi) is 7.21. The lowest BCUT2D eigenvalue weighted by Crippen LogP contribution is -2.81. The monoisotopic (exact) mass is 413 g/mol. The number of nitrogens with one attached hydrogen (secondary N) is 1. The first-order valence-corrected chi connectivity index (χ1v) is 10.6. The van der Waals surface area contributed by atoms with Crippen molar-refractivity contribution in [2.45, 2.75) is 38.6 Å². The summed E-state index contributed by atoms with van der Waals surface area (Å²) in [7, 11) is 6.95. The minimum absolute atomic E-state index is 0.0158. The van der Waals surface area contributed by atoms with Crippen molar-refractivity contribution >= 4 is 5.69 Å². The van der Waals surface area contributed by atoms with E-state index in [1.807, 2.05) is 18.2 Å². The third-order valence-corrected chi connectivity index (χ3v) is 5.83. The van der Waals surface area contributed by atoms with Gasteiger partial charge in [0.2, 0.25) is 11.2 Å². The molecule has 6 heteroatoms. The molecule has 1 atom stereocenters. The van der Waals surface area contributed by atoms with E-state index in [2.05, 4.69) is 24.6 Å². The van der Waals surface area contributed by atoms with Crippen LogP contribution in [0.25, 0.3) is 11.1 Å². The molecule has 0 fully saturated rings. The third-order valence-electron chi connectivity index (χ3n) is 5.83. The summed E-state index contributed by atoms with van der Waals surface area (Å²) in [5.74, 6) is 1.86. The van der Waals surface area contributed by atoms with Gasteiger partial charge in [-0.05, 0) is 42.2 Å². The van der Waals surface area contributed by atoms with Gasteiger partial charge in [0.1, 0.15) is 6.04 Å². The lowest BCUT2D eigenvalue weighted by molar-refractivity contribution is -0.670. The molecule has 0 saturated heterocycles. The molecule has 3 rings (SSSR count). The normalized spacial score (nSPS) is 14.9. The van der Waals surface area contributed by atoms with Gasteiger partial charge in [-0.2, -0.15) is 0 Å². The third kappa shape index (κ3) is 4.10. The maximum Gasteiger partial charge on any atom is 0.203 e. The van der Waals surface area contributed by atoms with Crippen LogP contribution >= 0.6 is 0 Å². The molecular formula is C24H33N2O4+. The van der Waals surface area contributed by atoms with Crippen LogP contribution in [-0.2, 0) is 6.42 Å². The summed E-state index contributed by atoms with van der Waals surface area (Å²) in [6, 6.07) is 7.94. The van der Waals surface area contributed by atoms with Crippen LogP contribution in [0, 0.1) is 0 Å². The van der Waals surface area contributed by atoms with Crippen LogP contribution in [-0.4, -0.2) is 34.9 Å². The number of aryl methyl sites for hydroxylation is 1. The van der Waals surface area contributed by atoms with E-state index in [9.17, 15) is 4.79 Å². The van der Waals surface area contributed by atoms with Crippen LogP contribution < -0.4 is 30.3 Å². The number of benzene rings is 1. The fourth-order valence-electron chi connectivity index (χ4n) is 4.23. The highest BCUT2D eigenvalue weighted by Gasteiger charge is 2.29. The predicted molar refractivity (Wildman–Crippen MR) is 120 cm³/mol. The van der Waals surface area contributed by atoms with Crippen LogP contribution in [0.3, 0.4) is 0 Å². The Balaban J connectivity index is 2.29. The molecule has 0 radical (unpaired) electrons. The predicted octanol–water partition coefficient (Wildman–Crippen LogP) is 3.13. The molecule has 0 heterocycles. The van der Waals surface area contributed by atoms with Gasteiger partial charge in [-0.3, -0.25) is 4.79 Å². The zero-order chi connectivity index (χ0) is 21.7. The quantitative estimate of drug-likeness (QED) is 0.651. The summed E-state index contributed by atoms with van der Waals surface area (Å²) in [5.41, 5.74) is 4.78. The zero-order valence-corrected chi connectivity index (χ0v) is 18.6. The van der Waals surface area contributed by atoms with Crippen molar-refractivity contribution < 1.29 is 19.5 Å². The Morgan fingerprint density at radius 1 is 1.10 bits per heavy atom. The molecule has 0 bridgehead atoms. The summed E-state index contributed by atoms with van der Waals surface area (Å²) >= 11 is 0. The first kappa shape index (κ1) is 22.0. The maximum atomic E-state index is 13.0. The average Bonchev–Trinajstić information content (AvgIpc) is 3.01. The van der Waals surface area contributed by atoms with Gasteiger partial charge in [0, 0.05) is 24.1 Å². The first-order chi connectivity index (χ1) is 14.6. The van der Waals surface area contributed by atoms with Crippen molar-refractivity contribution in [3.05, 3.63) is 45.6 Å². The second-order valence-corrected chi connectivity index (χ2v) is 7.56. The number of nitrogens with two attached hydrogens (primary N) is 1. The molecule has 0 aliphatic heterocycles. The van der Waals surface area contributed by atoms with Gasteiger partial charge in [-0.1, -0.05) is 19.4 Å². The number of hydrogen-bond acceptors (Lipinski definition) is 5. The van der Waals surface area contributed by atoms with Gasteiger partial charge in [0.05, 0.1) is 34.1 Å². The summed E-state index contributed by atoms with van der Waals surface area (Å²) in [6.45, 7) is 2.92. The van der Waals surface area contributed by atoms with Crippen molar-refractivity contribution in [1.29, 1.82) is 0 Å². The van der Waals surface area contributed by atoms with Crippen molar-refractivity contribution in [1.82, 2.24) is 0 Å². The lowest BCUT2D eigenvalue weighted by Gasteiger charge is -2.19. The summed E-state index contributed by atoms with van der Waals surface area (Å²) in [4.78, 5) is 13.0. The fraction of sp³-hybridized carbons (Fsp3) is 0.458. The molecule has 2 aromatic carbocycles. The number of fused-ring (bicyclic) bond motifs is 3. The minimum Gasteiger partial charge on any atom is -0.493 e. The highest BCUT2D eigenvalue weighted by molar-refractivity contribution is 5.82. The largest absolute Gasteiger partial charge is 0.493 e. The second-order valence-electron chi connectivity index (χ2n) is 7.56. The molecule has 2 aromatic rings. The van der Waals surface area contributed by atoms with Crippen LogP contribution in [0.4, 0.5) is 5.69 Å². The van der Waals surface area contributed by atoms with E-state index in [1.165, 1.54) is 0 Å². The number of rotatable bonds is 8.